The molecule has 5 nitrogen and oxygen atoms in total. The monoisotopic (exact) mass is 297 g/mol. The molecule has 22 heavy (non-hydrogen) atoms. The van der Waals surface area contributed by atoms with Gasteiger partial charge in [0.1, 0.15) is 5.82 Å². The largest absolute Gasteiger partial charge is 0.491 e. The molecule has 1 N–H and O–H groups in total. The molecule has 7 heteroatoms. The van der Waals surface area contributed by atoms with Gasteiger partial charge in [-0.15, -0.1) is 0 Å². The molecule has 108 valence electrons. The highest BCUT2D eigenvalue weighted by Gasteiger charge is 2.40. The van der Waals surface area contributed by atoms with Crippen molar-refractivity contribution >= 4 is 30.1 Å². The van der Waals surface area contributed by atoms with Gasteiger partial charge in [0, 0.05) is 5.56 Å². The lowest BCUT2D eigenvalue weighted by atomic mass is 9.79. The summed E-state index contributed by atoms with van der Waals surface area (Å²) in [6.45, 7) is 0.0134. The van der Waals surface area contributed by atoms with Crippen LogP contribution in [0.25, 0.3) is 0 Å². The molecule has 0 fully saturated rings. The number of halogens is 1. The van der Waals surface area contributed by atoms with Crippen LogP contribution < -0.4 is 10.4 Å². The van der Waals surface area contributed by atoms with E-state index in [1.54, 1.807) is 24.3 Å². The molecule has 0 atom stereocenters. The molecular weight excluding hydrogens is 288 g/mol. The fourth-order valence-electron chi connectivity index (χ4n) is 2.88. The fraction of sp³-hybridized carbons (Fsp3) is 0.0667. The van der Waals surface area contributed by atoms with Crippen molar-refractivity contribution in [2.75, 3.05) is 4.90 Å². The van der Waals surface area contributed by atoms with E-state index >= 15 is 0 Å². The van der Waals surface area contributed by atoms with Gasteiger partial charge in [-0.25, -0.2) is 9.29 Å². The third-order valence-corrected chi connectivity index (χ3v) is 3.91. The van der Waals surface area contributed by atoms with Gasteiger partial charge in [0.15, 0.2) is 0 Å². The molecule has 2 aromatic carbocycles. The van der Waals surface area contributed by atoms with Crippen LogP contribution in [0.5, 0.6) is 0 Å². The van der Waals surface area contributed by atoms with Crippen LogP contribution in [0.2, 0.25) is 0 Å². The van der Waals surface area contributed by atoms with E-state index in [9.17, 15) is 19.0 Å². The lowest BCUT2D eigenvalue weighted by Crippen LogP contribution is -2.34. The normalized spacial score (nSPS) is 16.3. The molecular formula is C15H9BFNO4. The van der Waals surface area contributed by atoms with Gasteiger partial charge in [-0.05, 0) is 29.7 Å². The van der Waals surface area contributed by atoms with Gasteiger partial charge >= 0.3 is 7.12 Å². The smallest absolute Gasteiger partial charge is 0.423 e. The topological polar surface area (TPSA) is 66.8 Å². The van der Waals surface area contributed by atoms with E-state index in [4.69, 9.17) is 4.65 Å². The number of hydrogen-bond donors (Lipinski definition) is 1. The Kier molecular flexibility index (Phi) is 2.69. The van der Waals surface area contributed by atoms with Gasteiger partial charge in [-0.2, -0.15) is 0 Å². The van der Waals surface area contributed by atoms with Crippen LogP contribution in [0.4, 0.5) is 10.1 Å². The van der Waals surface area contributed by atoms with Crippen LogP contribution in [0.15, 0.2) is 36.4 Å². The summed E-state index contributed by atoms with van der Waals surface area (Å²) < 4.78 is 18.9. The van der Waals surface area contributed by atoms with Crippen molar-refractivity contribution in [3.63, 3.8) is 0 Å². The fourth-order valence-corrected chi connectivity index (χ4v) is 2.88. The number of anilines is 1. The van der Waals surface area contributed by atoms with E-state index in [0.29, 0.717) is 5.56 Å². The minimum absolute atomic E-state index is 0.0134. The number of rotatable bonds is 1. The molecule has 0 unspecified atom stereocenters. The maximum absolute atomic E-state index is 13.8. The van der Waals surface area contributed by atoms with E-state index in [0.717, 1.165) is 17.0 Å². The van der Waals surface area contributed by atoms with E-state index in [2.05, 4.69) is 0 Å². The SMILES string of the molecule is O=C1c2ccccc2C(=O)N1c1cc(F)cc2c1COB2O. The molecule has 4 rings (SSSR count). The molecule has 0 bridgehead atoms. The Morgan fingerprint density at radius 2 is 1.77 bits per heavy atom. The summed E-state index contributed by atoms with van der Waals surface area (Å²) in [4.78, 5) is 25.9. The van der Waals surface area contributed by atoms with Gasteiger partial charge in [0.05, 0.1) is 23.4 Å². The highest BCUT2D eigenvalue weighted by Crippen LogP contribution is 2.32. The zero-order chi connectivity index (χ0) is 15.4. The maximum Gasteiger partial charge on any atom is 0.491 e. The van der Waals surface area contributed by atoms with E-state index in [1.165, 1.54) is 0 Å². The van der Waals surface area contributed by atoms with Crippen LogP contribution in [0, 0.1) is 5.82 Å². The van der Waals surface area contributed by atoms with Gasteiger partial charge in [-0.1, -0.05) is 12.1 Å². The summed E-state index contributed by atoms with van der Waals surface area (Å²) >= 11 is 0. The van der Waals surface area contributed by atoms with E-state index < -0.39 is 24.7 Å². The van der Waals surface area contributed by atoms with Crippen molar-refractivity contribution in [3.05, 3.63) is 58.9 Å². The highest BCUT2D eigenvalue weighted by atomic mass is 19.1. The Balaban J connectivity index is 1.90. The van der Waals surface area contributed by atoms with Crippen LogP contribution in [-0.4, -0.2) is 24.0 Å². The first-order valence-electron chi connectivity index (χ1n) is 6.67. The maximum atomic E-state index is 13.8. The second kappa shape index (κ2) is 4.49. The number of hydrogen-bond acceptors (Lipinski definition) is 4. The number of carbonyl (C=O) groups excluding carboxylic acids is 2. The lowest BCUT2D eigenvalue weighted by Gasteiger charge is -2.17. The van der Waals surface area contributed by atoms with Crippen LogP contribution in [0.3, 0.4) is 0 Å². The van der Waals surface area contributed by atoms with Crippen molar-refractivity contribution in [2.24, 2.45) is 0 Å². The molecule has 2 aliphatic rings. The summed E-state index contributed by atoms with van der Waals surface area (Å²) in [6, 6.07) is 8.70. The molecule has 2 heterocycles. The first-order valence-corrected chi connectivity index (χ1v) is 6.67. The summed E-state index contributed by atoms with van der Waals surface area (Å²) in [6.07, 6.45) is 0. The Morgan fingerprint density at radius 1 is 1.14 bits per heavy atom. The van der Waals surface area contributed by atoms with E-state index in [-0.39, 0.29) is 28.9 Å². The first kappa shape index (κ1) is 13.2. The quantitative estimate of drug-likeness (QED) is 0.626. The summed E-state index contributed by atoms with van der Waals surface area (Å²) in [5, 5.41) is 9.70. The summed E-state index contributed by atoms with van der Waals surface area (Å²) in [7, 11) is -1.25. The van der Waals surface area contributed by atoms with Gasteiger partial charge in [0.25, 0.3) is 11.8 Å². The minimum Gasteiger partial charge on any atom is -0.423 e. The molecule has 0 spiro atoms. The molecule has 0 radical (unpaired) electrons. The second-order valence-corrected chi connectivity index (χ2v) is 5.15. The Hall–Kier alpha value is -2.51. The number of benzene rings is 2. The Morgan fingerprint density at radius 3 is 2.41 bits per heavy atom. The second-order valence-electron chi connectivity index (χ2n) is 5.15. The van der Waals surface area contributed by atoms with Crippen molar-refractivity contribution in [3.8, 4) is 0 Å². The highest BCUT2D eigenvalue weighted by molar-refractivity contribution is 6.62. The van der Waals surface area contributed by atoms with Crippen LogP contribution in [-0.2, 0) is 11.3 Å². The Labute approximate surface area is 125 Å². The number of carbonyl (C=O) groups is 2. The molecule has 2 amide bonds. The standard InChI is InChI=1S/C15H9BFNO4/c17-8-5-12-11(7-22-16(12)21)13(6-8)18-14(19)9-3-1-2-4-10(9)15(18)20/h1-6,21H,7H2. The predicted molar refractivity (Wildman–Crippen MR) is 76.4 cm³/mol. The zero-order valence-electron chi connectivity index (χ0n) is 11.2. The van der Waals surface area contributed by atoms with Crippen LogP contribution >= 0.6 is 0 Å². The molecule has 0 saturated heterocycles. The molecule has 0 saturated carbocycles. The predicted octanol–water partition coefficient (Wildman–Crippen LogP) is 0.844. The molecule has 2 aliphatic heterocycles. The van der Waals surface area contributed by atoms with Crippen molar-refractivity contribution in [1.29, 1.82) is 0 Å². The third-order valence-electron chi connectivity index (χ3n) is 3.91. The third kappa shape index (κ3) is 1.66. The first-order chi connectivity index (χ1) is 10.6. The summed E-state index contributed by atoms with van der Waals surface area (Å²) in [5.74, 6) is -1.65. The van der Waals surface area contributed by atoms with Crippen molar-refractivity contribution in [2.45, 2.75) is 6.61 Å². The minimum atomic E-state index is -1.25. The molecule has 2 aromatic rings. The number of amides is 2. The average Bonchev–Trinajstić information content (AvgIpc) is 2.99. The summed E-state index contributed by atoms with van der Waals surface area (Å²) in [5.41, 5.74) is 1.38. The Bertz CT molecular complexity index is 803. The van der Waals surface area contributed by atoms with E-state index in [1.807, 2.05) is 0 Å². The van der Waals surface area contributed by atoms with Crippen LogP contribution in [0.1, 0.15) is 26.3 Å². The van der Waals surface area contributed by atoms with Crippen molar-refractivity contribution in [1.82, 2.24) is 0 Å². The number of imide groups is 1. The average molecular weight is 297 g/mol. The van der Waals surface area contributed by atoms with Gasteiger partial charge in [0.2, 0.25) is 0 Å². The van der Waals surface area contributed by atoms with Gasteiger partial charge < -0.3 is 9.68 Å². The lowest BCUT2D eigenvalue weighted by molar-refractivity contribution is 0.0926. The molecule has 0 aromatic heterocycles. The van der Waals surface area contributed by atoms with Crippen molar-refractivity contribution < 1.29 is 23.7 Å². The number of fused-ring (bicyclic) bond motifs is 2. The molecule has 0 aliphatic carbocycles. The zero-order valence-corrected chi connectivity index (χ0v) is 11.2. The number of nitrogens with zero attached hydrogens (tertiary/aromatic N) is 1. The van der Waals surface area contributed by atoms with Gasteiger partial charge in [-0.3, -0.25) is 9.59 Å².